The smallest absolute Gasteiger partial charge is 0.161 e. The van der Waals surface area contributed by atoms with Crippen LogP contribution in [0.25, 0.3) is 0 Å². The summed E-state index contributed by atoms with van der Waals surface area (Å²) in [6.07, 6.45) is 0. The SMILES string of the molecule is COc1cc(CNc2cc(Cl)cc(Cl)c2)ccc1OCc1cccc(C)c1. The molecule has 0 aliphatic rings. The van der Waals surface area contributed by atoms with Crippen molar-refractivity contribution in [3.05, 3.63) is 87.4 Å². The van der Waals surface area contributed by atoms with Gasteiger partial charge in [0, 0.05) is 22.3 Å². The predicted molar refractivity (Wildman–Crippen MR) is 112 cm³/mol. The highest BCUT2D eigenvalue weighted by atomic mass is 35.5. The average Bonchev–Trinajstić information content (AvgIpc) is 2.64. The molecule has 140 valence electrons. The van der Waals surface area contributed by atoms with Crippen molar-refractivity contribution in [2.24, 2.45) is 0 Å². The summed E-state index contributed by atoms with van der Waals surface area (Å²) in [6.45, 7) is 3.18. The molecule has 0 saturated carbocycles. The Balaban J connectivity index is 1.66. The van der Waals surface area contributed by atoms with E-state index in [2.05, 4.69) is 24.4 Å². The van der Waals surface area contributed by atoms with Gasteiger partial charge in [0.1, 0.15) is 6.61 Å². The molecule has 0 spiro atoms. The summed E-state index contributed by atoms with van der Waals surface area (Å²) in [7, 11) is 1.64. The molecule has 3 rings (SSSR count). The summed E-state index contributed by atoms with van der Waals surface area (Å²) in [5.41, 5.74) is 4.27. The molecule has 0 amide bonds. The number of rotatable bonds is 7. The van der Waals surface area contributed by atoms with Crippen LogP contribution in [0.2, 0.25) is 10.0 Å². The van der Waals surface area contributed by atoms with Gasteiger partial charge in [-0.25, -0.2) is 0 Å². The normalized spacial score (nSPS) is 10.5. The van der Waals surface area contributed by atoms with Crippen LogP contribution in [0.5, 0.6) is 11.5 Å². The molecule has 3 aromatic carbocycles. The number of hydrogen-bond donors (Lipinski definition) is 1. The summed E-state index contributed by atoms with van der Waals surface area (Å²) in [5, 5.41) is 4.51. The Morgan fingerprint density at radius 1 is 0.852 bits per heavy atom. The molecule has 0 aromatic heterocycles. The first kappa shape index (κ1) is 19.4. The third kappa shape index (κ3) is 5.56. The Bertz CT molecular complexity index is 908. The Kier molecular flexibility index (Phi) is 6.49. The molecule has 5 heteroatoms. The number of anilines is 1. The van der Waals surface area contributed by atoms with E-state index in [-0.39, 0.29) is 0 Å². The maximum absolute atomic E-state index is 6.03. The van der Waals surface area contributed by atoms with Crippen LogP contribution < -0.4 is 14.8 Å². The first-order valence-corrected chi connectivity index (χ1v) is 9.34. The second-order valence-corrected chi connectivity index (χ2v) is 7.15. The van der Waals surface area contributed by atoms with E-state index < -0.39 is 0 Å². The molecular formula is C22H21Cl2NO2. The van der Waals surface area contributed by atoms with Gasteiger partial charge in [0.05, 0.1) is 7.11 Å². The van der Waals surface area contributed by atoms with Gasteiger partial charge in [-0.3, -0.25) is 0 Å². The van der Waals surface area contributed by atoms with Crippen LogP contribution in [-0.2, 0) is 13.2 Å². The third-order valence-electron chi connectivity index (χ3n) is 4.06. The van der Waals surface area contributed by atoms with Gasteiger partial charge in [0.15, 0.2) is 11.5 Å². The van der Waals surface area contributed by atoms with Crippen LogP contribution in [0, 0.1) is 6.92 Å². The van der Waals surface area contributed by atoms with Crippen molar-refractivity contribution in [3.8, 4) is 11.5 Å². The highest BCUT2D eigenvalue weighted by Gasteiger charge is 2.07. The summed E-state index contributed by atoms with van der Waals surface area (Å²) in [5.74, 6) is 1.42. The van der Waals surface area contributed by atoms with Crippen LogP contribution >= 0.6 is 23.2 Å². The molecule has 0 heterocycles. The Labute approximate surface area is 169 Å². The summed E-state index contributed by atoms with van der Waals surface area (Å²) >= 11 is 12.1. The van der Waals surface area contributed by atoms with E-state index in [1.165, 1.54) is 5.56 Å². The van der Waals surface area contributed by atoms with Gasteiger partial charge in [0.25, 0.3) is 0 Å². The number of ether oxygens (including phenoxy) is 2. The quantitative estimate of drug-likeness (QED) is 0.489. The number of methoxy groups -OCH3 is 1. The zero-order valence-corrected chi connectivity index (χ0v) is 16.8. The zero-order chi connectivity index (χ0) is 19.2. The molecular weight excluding hydrogens is 381 g/mol. The fourth-order valence-corrected chi connectivity index (χ4v) is 3.29. The Morgan fingerprint density at radius 2 is 1.63 bits per heavy atom. The molecule has 0 radical (unpaired) electrons. The minimum Gasteiger partial charge on any atom is -0.493 e. The first-order chi connectivity index (χ1) is 13.0. The summed E-state index contributed by atoms with van der Waals surface area (Å²) in [6, 6.07) is 19.5. The molecule has 3 nitrogen and oxygen atoms in total. The molecule has 1 N–H and O–H groups in total. The molecule has 0 fully saturated rings. The first-order valence-electron chi connectivity index (χ1n) is 8.59. The number of aryl methyl sites for hydroxylation is 1. The second kappa shape index (κ2) is 9.03. The van der Waals surface area contributed by atoms with Gasteiger partial charge in [-0.2, -0.15) is 0 Å². The van der Waals surface area contributed by atoms with E-state index in [9.17, 15) is 0 Å². The van der Waals surface area contributed by atoms with E-state index in [0.29, 0.717) is 34.7 Å². The van der Waals surface area contributed by atoms with E-state index in [4.69, 9.17) is 32.7 Å². The molecule has 0 bridgehead atoms. The molecule has 0 atom stereocenters. The van der Waals surface area contributed by atoms with Gasteiger partial charge < -0.3 is 14.8 Å². The maximum atomic E-state index is 6.03. The summed E-state index contributed by atoms with van der Waals surface area (Å²) in [4.78, 5) is 0. The molecule has 0 aliphatic carbocycles. The standard InChI is InChI=1S/C22H21Cl2NO2/c1-15-4-3-5-17(8-15)14-27-21-7-6-16(9-22(21)26-2)13-25-20-11-18(23)10-19(24)12-20/h3-12,25H,13-14H2,1-2H3. The van der Waals surface area contributed by atoms with Crippen LogP contribution in [0.15, 0.2) is 60.7 Å². The minimum atomic E-state index is 0.497. The van der Waals surface area contributed by atoms with Gasteiger partial charge in [-0.05, 0) is 48.4 Å². The lowest BCUT2D eigenvalue weighted by Gasteiger charge is -2.13. The number of hydrogen-bond acceptors (Lipinski definition) is 3. The van der Waals surface area contributed by atoms with Gasteiger partial charge in [-0.1, -0.05) is 59.1 Å². The topological polar surface area (TPSA) is 30.5 Å². The van der Waals surface area contributed by atoms with Crippen molar-refractivity contribution in [2.75, 3.05) is 12.4 Å². The fourth-order valence-electron chi connectivity index (χ4n) is 2.76. The van der Waals surface area contributed by atoms with Crippen LogP contribution in [0.1, 0.15) is 16.7 Å². The largest absolute Gasteiger partial charge is 0.493 e. The Hall–Kier alpha value is -2.36. The second-order valence-electron chi connectivity index (χ2n) is 6.27. The minimum absolute atomic E-state index is 0.497. The third-order valence-corrected chi connectivity index (χ3v) is 4.50. The van der Waals surface area contributed by atoms with Gasteiger partial charge >= 0.3 is 0 Å². The lowest BCUT2D eigenvalue weighted by molar-refractivity contribution is 0.284. The van der Waals surface area contributed by atoms with Crippen molar-refractivity contribution in [3.63, 3.8) is 0 Å². The lowest BCUT2D eigenvalue weighted by atomic mass is 10.1. The van der Waals surface area contributed by atoms with Gasteiger partial charge in [-0.15, -0.1) is 0 Å². The van der Waals surface area contributed by atoms with Crippen molar-refractivity contribution in [1.29, 1.82) is 0 Å². The van der Waals surface area contributed by atoms with Crippen molar-refractivity contribution in [2.45, 2.75) is 20.1 Å². The van der Waals surface area contributed by atoms with E-state index in [1.807, 2.05) is 42.5 Å². The molecule has 3 aromatic rings. The van der Waals surface area contributed by atoms with Gasteiger partial charge in [0.2, 0.25) is 0 Å². The van der Waals surface area contributed by atoms with Crippen molar-refractivity contribution < 1.29 is 9.47 Å². The highest BCUT2D eigenvalue weighted by Crippen LogP contribution is 2.30. The van der Waals surface area contributed by atoms with E-state index in [0.717, 1.165) is 16.8 Å². The molecule has 27 heavy (non-hydrogen) atoms. The lowest BCUT2D eigenvalue weighted by Crippen LogP contribution is -2.02. The van der Waals surface area contributed by atoms with Crippen LogP contribution in [0.4, 0.5) is 5.69 Å². The predicted octanol–water partition coefficient (Wildman–Crippen LogP) is 6.50. The maximum Gasteiger partial charge on any atom is 0.161 e. The van der Waals surface area contributed by atoms with Crippen LogP contribution in [0.3, 0.4) is 0 Å². The fraction of sp³-hybridized carbons (Fsp3) is 0.182. The van der Waals surface area contributed by atoms with E-state index >= 15 is 0 Å². The number of nitrogens with one attached hydrogen (secondary N) is 1. The molecule has 0 unspecified atom stereocenters. The highest BCUT2D eigenvalue weighted by molar-refractivity contribution is 6.35. The zero-order valence-electron chi connectivity index (χ0n) is 15.3. The number of halogens is 2. The average molecular weight is 402 g/mol. The van der Waals surface area contributed by atoms with Crippen molar-refractivity contribution >= 4 is 28.9 Å². The van der Waals surface area contributed by atoms with Crippen molar-refractivity contribution in [1.82, 2.24) is 0 Å². The molecule has 0 saturated heterocycles. The Morgan fingerprint density at radius 3 is 2.33 bits per heavy atom. The van der Waals surface area contributed by atoms with E-state index in [1.54, 1.807) is 13.2 Å². The van der Waals surface area contributed by atoms with Crippen LogP contribution in [-0.4, -0.2) is 7.11 Å². The summed E-state index contributed by atoms with van der Waals surface area (Å²) < 4.78 is 11.4. The molecule has 0 aliphatic heterocycles. The number of benzene rings is 3. The monoisotopic (exact) mass is 401 g/mol.